The zero-order chi connectivity index (χ0) is 22.1. The van der Waals surface area contributed by atoms with Gasteiger partial charge in [0.05, 0.1) is 31.2 Å². The molecule has 162 valence electrons. The topological polar surface area (TPSA) is 50.6 Å². The van der Waals surface area contributed by atoms with E-state index in [4.69, 9.17) is 32.9 Å². The lowest BCUT2D eigenvalue weighted by Gasteiger charge is -2.38. The van der Waals surface area contributed by atoms with Crippen LogP contribution in [0.25, 0.3) is 0 Å². The van der Waals surface area contributed by atoms with Gasteiger partial charge in [-0.2, -0.15) is 0 Å². The Morgan fingerprint density at radius 2 is 1.84 bits per heavy atom. The van der Waals surface area contributed by atoms with Gasteiger partial charge < -0.3 is 4.74 Å². The summed E-state index contributed by atoms with van der Waals surface area (Å²) in [4.78, 5) is 22.2. The van der Waals surface area contributed by atoms with Crippen molar-refractivity contribution in [3.8, 4) is 5.75 Å². The number of nitrogens with zero attached hydrogens (tertiary/aromatic N) is 4. The molecule has 1 aliphatic heterocycles. The Morgan fingerprint density at radius 3 is 2.48 bits per heavy atom. The van der Waals surface area contributed by atoms with Crippen molar-refractivity contribution in [2.24, 2.45) is 0 Å². The molecule has 0 N–H and O–H groups in total. The van der Waals surface area contributed by atoms with E-state index in [1.807, 2.05) is 49.1 Å². The maximum Gasteiger partial charge on any atom is 0.259 e. The number of aryl methyl sites for hydroxylation is 1. The van der Waals surface area contributed by atoms with E-state index in [0.29, 0.717) is 42.3 Å². The van der Waals surface area contributed by atoms with E-state index in [1.54, 1.807) is 23.8 Å². The van der Waals surface area contributed by atoms with Gasteiger partial charge in [-0.3, -0.25) is 19.2 Å². The molecule has 2 heterocycles. The standard InChI is InChI=1S/C23H24Cl2N4O2/c1-4-19-15(2)26-23-28(21-10-7-17(24)11-20(21)25)13-27(14-29(23)22(19)30)12-16-5-8-18(31-3)9-6-16/h5-11H,4,12-14H2,1-3H3. The molecule has 0 amide bonds. The van der Waals surface area contributed by atoms with Crippen LogP contribution in [0.3, 0.4) is 0 Å². The van der Waals surface area contributed by atoms with Gasteiger partial charge in [-0.05, 0) is 49.2 Å². The van der Waals surface area contributed by atoms with Crippen LogP contribution < -0.4 is 15.2 Å². The molecule has 3 aromatic rings. The van der Waals surface area contributed by atoms with Crippen molar-refractivity contribution in [2.75, 3.05) is 18.7 Å². The minimum Gasteiger partial charge on any atom is -0.497 e. The van der Waals surface area contributed by atoms with Crippen LogP contribution in [0.4, 0.5) is 11.6 Å². The average Bonchev–Trinajstić information content (AvgIpc) is 2.75. The molecule has 6 nitrogen and oxygen atoms in total. The van der Waals surface area contributed by atoms with Gasteiger partial charge in [0.2, 0.25) is 5.95 Å². The minimum absolute atomic E-state index is 0.0143. The third-order valence-electron chi connectivity index (χ3n) is 5.49. The molecule has 1 aliphatic rings. The third-order valence-corrected chi connectivity index (χ3v) is 6.03. The second-order valence-electron chi connectivity index (χ2n) is 7.55. The van der Waals surface area contributed by atoms with Crippen LogP contribution in [0.15, 0.2) is 47.3 Å². The average molecular weight is 459 g/mol. The monoisotopic (exact) mass is 458 g/mol. The SMILES string of the molecule is CCc1c(C)nc2n(c1=O)CN(Cc1ccc(OC)cc1)CN2c1ccc(Cl)cc1Cl. The van der Waals surface area contributed by atoms with Crippen LogP contribution in [-0.4, -0.2) is 28.2 Å². The molecule has 0 spiro atoms. The molecule has 31 heavy (non-hydrogen) atoms. The van der Waals surface area contributed by atoms with Gasteiger partial charge >= 0.3 is 0 Å². The van der Waals surface area contributed by atoms with Crippen LogP contribution in [0.1, 0.15) is 23.7 Å². The highest BCUT2D eigenvalue weighted by molar-refractivity contribution is 6.36. The zero-order valence-corrected chi connectivity index (χ0v) is 19.2. The number of ether oxygens (including phenoxy) is 1. The van der Waals surface area contributed by atoms with E-state index < -0.39 is 0 Å². The summed E-state index contributed by atoms with van der Waals surface area (Å²) in [7, 11) is 1.65. The maximum absolute atomic E-state index is 13.3. The highest BCUT2D eigenvalue weighted by Gasteiger charge is 2.28. The predicted molar refractivity (Wildman–Crippen MR) is 125 cm³/mol. The van der Waals surface area contributed by atoms with Gasteiger partial charge in [0.1, 0.15) is 5.75 Å². The van der Waals surface area contributed by atoms with Gasteiger partial charge in [-0.15, -0.1) is 0 Å². The molecule has 2 aromatic carbocycles. The van der Waals surface area contributed by atoms with E-state index in [0.717, 1.165) is 28.3 Å². The van der Waals surface area contributed by atoms with Crippen molar-refractivity contribution >= 4 is 34.8 Å². The molecule has 0 unspecified atom stereocenters. The van der Waals surface area contributed by atoms with E-state index in [9.17, 15) is 4.79 Å². The van der Waals surface area contributed by atoms with Crippen molar-refractivity contribution < 1.29 is 4.74 Å². The lowest BCUT2D eigenvalue weighted by Crippen LogP contribution is -2.47. The van der Waals surface area contributed by atoms with Crippen molar-refractivity contribution in [2.45, 2.75) is 33.5 Å². The molecular formula is C23H24Cl2N4O2. The molecule has 0 bridgehead atoms. The molecule has 0 aliphatic carbocycles. The van der Waals surface area contributed by atoms with E-state index in [1.165, 1.54) is 0 Å². The van der Waals surface area contributed by atoms with Crippen LogP contribution in [0.5, 0.6) is 5.75 Å². The van der Waals surface area contributed by atoms with Crippen molar-refractivity contribution in [1.29, 1.82) is 0 Å². The summed E-state index contributed by atoms with van der Waals surface area (Å²) < 4.78 is 6.98. The number of benzene rings is 2. The Labute approximate surface area is 191 Å². The summed E-state index contributed by atoms with van der Waals surface area (Å²) in [5, 5.41) is 1.07. The van der Waals surface area contributed by atoms with E-state index >= 15 is 0 Å². The molecule has 0 saturated heterocycles. The minimum atomic E-state index is -0.0143. The number of fused-ring (bicyclic) bond motifs is 1. The first-order chi connectivity index (χ1) is 14.9. The number of hydrogen-bond donors (Lipinski definition) is 0. The molecule has 8 heteroatoms. The maximum atomic E-state index is 13.3. The summed E-state index contributed by atoms with van der Waals surface area (Å²) in [6, 6.07) is 13.3. The Kier molecular flexibility index (Phi) is 6.23. The molecule has 4 rings (SSSR count). The Balaban J connectivity index is 1.77. The summed E-state index contributed by atoms with van der Waals surface area (Å²) in [6.07, 6.45) is 0.637. The van der Waals surface area contributed by atoms with Gasteiger partial charge in [-0.1, -0.05) is 42.3 Å². The second-order valence-corrected chi connectivity index (χ2v) is 8.39. The highest BCUT2D eigenvalue weighted by Crippen LogP contribution is 2.35. The molecule has 0 saturated carbocycles. The molecular weight excluding hydrogens is 435 g/mol. The van der Waals surface area contributed by atoms with Crippen LogP contribution in [0, 0.1) is 6.92 Å². The summed E-state index contributed by atoms with van der Waals surface area (Å²) in [5.74, 6) is 1.40. The molecule has 0 fully saturated rings. The zero-order valence-electron chi connectivity index (χ0n) is 17.7. The van der Waals surface area contributed by atoms with Gasteiger partial charge in [0, 0.05) is 22.8 Å². The lowest BCUT2D eigenvalue weighted by atomic mass is 10.2. The number of anilines is 2. The van der Waals surface area contributed by atoms with Crippen LogP contribution in [0.2, 0.25) is 10.0 Å². The fourth-order valence-corrected chi connectivity index (χ4v) is 4.42. The van der Waals surface area contributed by atoms with Crippen molar-refractivity contribution in [3.63, 3.8) is 0 Å². The summed E-state index contributed by atoms with van der Waals surface area (Å²) in [6.45, 7) is 5.50. The first-order valence-electron chi connectivity index (χ1n) is 10.1. The van der Waals surface area contributed by atoms with E-state index in [2.05, 4.69) is 4.90 Å². The van der Waals surface area contributed by atoms with Gasteiger partial charge in [0.15, 0.2) is 0 Å². The third kappa shape index (κ3) is 4.28. The van der Waals surface area contributed by atoms with Crippen molar-refractivity contribution in [3.05, 3.63) is 79.7 Å². The number of halogens is 2. The lowest BCUT2D eigenvalue weighted by molar-refractivity contribution is 0.189. The van der Waals surface area contributed by atoms with E-state index in [-0.39, 0.29) is 5.56 Å². The molecule has 1 aromatic heterocycles. The molecule has 0 radical (unpaired) electrons. The predicted octanol–water partition coefficient (Wildman–Crippen LogP) is 5.00. The first-order valence-corrected chi connectivity index (χ1v) is 10.8. The smallest absolute Gasteiger partial charge is 0.259 e. The highest BCUT2D eigenvalue weighted by atomic mass is 35.5. The fourth-order valence-electron chi connectivity index (χ4n) is 3.91. The molecule has 0 atom stereocenters. The summed E-state index contributed by atoms with van der Waals surface area (Å²) in [5.41, 5.74) is 3.35. The largest absolute Gasteiger partial charge is 0.497 e. The number of hydrogen-bond acceptors (Lipinski definition) is 5. The normalized spacial score (nSPS) is 13.9. The Hall–Kier alpha value is -2.54. The fraction of sp³-hybridized carbons (Fsp3) is 0.304. The van der Waals surface area contributed by atoms with Gasteiger partial charge in [-0.25, -0.2) is 4.98 Å². The Morgan fingerprint density at radius 1 is 1.10 bits per heavy atom. The summed E-state index contributed by atoms with van der Waals surface area (Å²) >= 11 is 12.6. The first kappa shape index (κ1) is 21.7. The Bertz CT molecular complexity index is 1160. The number of rotatable bonds is 5. The van der Waals surface area contributed by atoms with Crippen LogP contribution >= 0.6 is 23.2 Å². The quantitative estimate of drug-likeness (QED) is 0.538. The van der Waals surface area contributed by atoms with Gasteiger partial charge in [0.25, 0.3) is 5.56 Å². The van der Waals surface area contributed by atoms with Crippen molar-refractivity contribution in [1.82, 2.24) is 14.5 Å². The number of methoxy groups -OCH3 is 1. The number of aromatic nitrogens is 2. The second kappa shape index (κ2) is 8.91. The van der Waals surface area contributed by atoms with Crippen LogP contribution in [-0.2, 0) is 19.6 Å².